The van der Waals surface area contributed by atoms with Gasteiger partial charge in [0.25, 0.3) is 0 Å². The second-order valence-electron chi connectivity index (χ2n) is 14.9. The predicted molar refractivity (Wildman–Crippen MR) is 227 cm³/mol. The third-order valence-corrected chi connectivity index (χ3v) is 18.0. The number of methoxy groups -OCH3 is 2. The molecule has 8 rings (SSSR count). The van der Waals surface area contributed by atoms with E-state index in [0.29, 0.717) is 5.66 Å². The standard InChI is InChI=1S/C43H51O2P2.C5H5.Fe/c1-31(46(38-13-8-4-5-9-14-38)39-15-10-6-7-11-16-39)42-17-12-18-43(42)47(40-25-21-32-27-36(44-2)23-19-34(32)29-40)41-26-22-33-28-37(45-3)24-20-35(33)30-41;1-2-4-5-3-1;/h12,17-31,38-39H,4-11,13-16H2,1-3H3;1-5H;/t31-;;/m0../s1. The fraction of sp³-hybridized carbons (Fsp3) is 0.375. The summed E-state index contributed by atoms with van der Waals surface area (Å²) in [6.45, 7) is 2.65. The van der Waals surface area contributed by atoms with Crippen molar-refractivity contribution in [1.29, 1.82) is 0 Å². The summed E-state index contributed by atoms with van der Waals surface area (Å²) < 4.78 is 11.1. The number of ether oxygens (including phenoxy) is 2. The Balaban J connectivity index is 0.000000741. The van der Waals surface area contributed by atoms with E-state index in [4.69, 9.17) is 9.47 Å². The number of fused-ring (bicyclic) bond motifs is 2. The van der Waals surface area contributed by atoms with Crippen molar-refractivity contribution < 1.29 is 26.5 Å². The molecule has 0 saturated heterocycles. The molecule has 1 atom stereocenters. The summed E-state index contributed by atoms with van der Waals surface area (Å²) in [5.41, 5.74) is 4.04. The molecule has 0 aliphatic heterocycles. The van der Waals surface area contributed by atoms with Gasteiger partial charge in [0.1, 0.15) is 11.5 Å². The van der Waals surface area contributed by atoms with Gasteiger partial charge in [-0.15, -0.1) is 0 Å². The smallest absolute Gasteiger partial charge is 0.119 e. The first-order valence-electron chi connectivity index (χ1n) is 19.8. The van der Waals surface area contributed by atoms with Crippen LogP contribution in [0.1, 0.15) is 84.0 Å². The molecule has 0 unspecified atom stereocenters. The Labute approximate surface area is 335 Å². The van der Waals surface area contributed by atoms with E-state index in [9.17, 15) is 0 Å². The van der Waals surface area contributed by atoms with E-state index in [0.717, 1.165) is 22.8 Å². The van der Waals surface area contributed by atoms with Gasteiger partial charge in [-0.2, -0.15) is 0 Å². The van der Waals surface area contributed by atoms with E-state index in [1.165, 1.54) is 109 Å². The summed E-state index contributed by atoms with van der Waals surface area (Å²) >= 11 is 0. The molecular weight excluding hydrogens is 726 g/mol. The zero-order valence-corrected chi connectivity index (χ0v) is 34.7. The van der Waals surface area contributed by atoms with Crippen LogP contribution < -0.4 is 20.1 Å². The quantitative estimate of drug-likeness (QED) is 0.0956. The summed E-state index contributed by atoms with van der Waals surface area (Å²) in [7, 11) is 2.64. The van der Waals surface area contributed by atoms with E-state index in [1.807, 2.05) is 32.1 Å². The summed E-state index contributed by atoms with van der Waals surface area (Å²) in [6.07, 6.45) is 34.7. The van der Waals surface area contributed by atoms with Gasteiger partial charge in [0.15, 0.2) is 0 Å². The van der Waals surface area contributed by atoms with Gasteiger partial charge in [-0.05, 0) is 176 Å². The van der Waals surface area contributed by atoms with Crippen molar-refractivity contribution in [1.82, 2.24) is 0 Å². The molecule has 0 aromatic heterocycles. The minimum atomic E-state index is -0.753. The average Bonchev–Trinajstić information content (AvgIpc) is 3.80. The van der Waals surface area contributed by atoms with Crippen LogP contribution in [0.4, 0.5) is 0 Å². The molecule has 2 nitrogen and oxygen atoms in total. The SMILES string of the molecule is COc1ccc2cc(P([C]3[CH][CH][CH][C]3[C@H](C)P(C3CCCCCC3)C3CCCCCC3)c3ccc4cc(OC)ccc4c3)ccc2c1.[CH]1[CH][CH][CH][CH]1.[Fe]. The van der Waals surface area contributed by atoms with Gasteiger partial charge in [-0.1, -0.05) is 103 Å². The van der Waals surface area contributed by atoms with E-state index >= 15 is 0 Å². The summed E-state index contributed by atoms with van der Waals surface area (Å²) in [5.74, 6) is 3.46. The van der Waals surface area contributed by atoms with Crippen LogP contribution in [0.2, 0.25) is 0 Å². The Morgan fingerprint density at radius 1 is 0.509 bits per heavy atom. The second kappa shape index (κ2) is 20.5. The van der Waals surface area contributed by atoms with Crippen LogP contribution in [0.25, 0.3) is 21.5 Å². The van der Waals surface area contributed by atoms with Crippen molar-refractivity contribution in [2.75, 3.05) is 14.2 Å². The van der Waals surface area contributed by atoms with Gasteiger partial charge in [0.05, 0.1) is 14.2 Å². The molecule has 4 saturated carbocycles. The number of hydrogen-bond acceptors (Lipinski definition) is 2. The molecule has 4 aromatic carbocycles. The monoisotopic (exact) mass is 782 g/mol. The average molecular weight is 783 g/mol. The second-order valence-corrected chi connectivity index (χ2v) is 20.2. The molecule has 5 heteroatoms. The van der Waals surface area contributed by atoms with Crippen molar-refractivity contribution in [3.05, 3.63) is 136 Å². The number of hydrogen-bond donors (Lipinski definition) is 0. The molecule has 10 radical (unpaired) electrons. The summed E-state index contributed by atoms with van der Waals surface area (Å²) in [4.78, 5) is 0. The molecule has 0 amide bonds. The Morgan fingerprint density at radius 2 is 0.925 bits per heavy atom. The van der Waals surface area contributed by atoms with Crippen LogP contribution in [0, 0.1) is 62.9 Å². The fourth-order valence-electron chi connectivity index (χ4n) is 8.89. The zero-order chi connectivity index (χ0) is 35.7. The topological polar surface area (TPSA) is 18.5 Å². The fourth-order valence-corrected chi connectivity index (χ4v) is 15.9. The molecular formula is C48H56FeO2P2. The maximum atomic E-state index is 5.56. The Hall–Kier alpha value is -1.62. The number of benzene rings is 4. The maximum Gasteiger partial charge on any atom is 0.119 e. The molecule has 0 bridgehead atoms. The molecule has 4 aromatic rings. The van der Waals surface area contributed by atoms with Crippen LogP contribution in [0.5, 0.6) is 11.5 Å². The Kier molecular flexibility index (Phi) is 15.9. The normalized spacial score (nSPS) is 20.2. The minimum Gasteiger partial charge on any atom is -0.497 e. The van der Waals surface area contributed by atoms with Gasteiger partial charge in [-0.25, -0.2) is 0 Å². The third kappa shape index (κ3) is 10.2. The first kappa shape index (κ1) is 41.0. The minimum absolute atomic E-state index is 0. The molecule has 4 fully saturated rings. The van der Waals surface area contributed by atoms with Gasteiger partial charge in [0.2, 0.25) is 0 Å². The van der Waals surface area contributed by atoms with Crippen molar-refractivity contribution >= 4 is 48.0 Å². The van der Waals surface area contributed by atoms with E-state index in [2.05, 4.69) is 99.0 Å². The van der Waals surface area contributed by atoms with Crippen molar-refractivity contribution in [2.24, 2.45) is 0 Å². The third-order valence-electron chi connectivity index (χ3n) is 11.6. The van der Waals surface area contributed by atoms with Crippen LogP contribution in [-0.4, -0.2) is 31.2 Å². The van der Waals surface area contributed by atoms with Gasteiger partial charge >= 0.3 is 0 Å². The first-order chi connectivity index (χ1) is 25.6. The predicted octanol–water partition coefficient (Wildman–Crippen LogP) is 12.5. The number of rotatable bonds is 9. The van der Waals surface area contributed by atoms with Crippen LogP contribution in [0.15, 0.2) is 72.8 Å². The van der Waals surface area contributed by atoms with Crippen molar-refractivity contribution in [2.45, 2.75) is 101 Å². The van der Waals surface area contributed by atoms with Gasteiger partial charge in [0, 0.05) is 22.7 Å². The van der Waals surface area contributed by atoms with Crippen molar-refractivity contribution in [3.8, 4) is 11.5 Å². The molecule has 4 aliphatic carbocycles. The molecule has 53 heavy (non-hydrogen) atoms. The largest absolute Gasteiger partial charge is 0.497 e. The van der Waals surface area contributed by atoms with Gasteiger partial charge in [-0.3, -0.25) is 0 Å². The molecule has 0 N–H and O–H groups in total. The van der Waals surface area contributed by atoms with Gasteiger partial charge < -0.3 is 9.47 Å². The molecule has 4 aliphatic rings. The van der Waals surface area contributed by atoms with E-state index in [1.54, 1.807) is 25.8 Å². The van der Waals surface area contributed by atoms with Crippen LogP contribution >= 0.6 is 15.8 Å². The Bertz CT molecular complexity index is 1590. The van der Waals surface area contributed by atoms with E-state index in [-0.39, 0.29) is 25.0 Å². The van der Waals surface area contributed by atoms with E-state index < -0.39 is 7.92 Å². The van der Waals surface area contributed by atoms with Crippen molar-refractivity contribution in [3.63, 3.8) is 0 Å². The summed E-state index contributed by atoms with van der Waals surface area (Å²) in [6, 6.07) is 27.3. The summed E-state index contributed by atoms with van der Waals surface area (Å²) in [5, 5.41) is 7.88. The first-order valence-corrected chi connectivity index (χ1v) is 22.7. The van der Waals surface area contributed by atoms with Crippen LogP contribution in [0.3, 0.4) is 0 Å². The molecule has 0 spiro atoms. The molecule has 0 heterocycles. The molecule has 278 valence electrons. The van der Waals surface area contributed by atoms with Crippen LogP contribution in [-0.2, 0) is 17.1 Å². The maximum absolute atomic E-state index is 5.56. The Morgan fingerprint density at radius 3 is 1.36 bits per heavy atom. The zero-order valence-electron chi connectivity index (χ0n) is 31.8.